The summed E-state index contributed by atoms with van der Waals surface area (Å²) in [6.45, 7) is 10.1. The average molecular weight is 431 g/mol. The van der Waals surface area contributed by atoms with E-state index in [1.54, 1.807) is 0 Å². The molecule has 0 radical (unpaired) electrons. The van der Waals surface area contributed by atoms with Gasteiger partial charge in [-0.25, -0.2) is 0 Å². The molecule has 1 aromatic rings. The van der Waals surface area contributed by atoms with Crippen LogP contribution in [0.15, 0.2) is 24.3 Å². The predicted molar refractivity (Wildman–Crippen MR) is 122 cm³/mol. The van der Waals surface area contributed by atoms with Gasteiger partial charge in [0.25, 0.3) is 0 Å². The topological polar surface area (TPSA) is 38.8 Å². The molecule has 7 heteroatoms. The van der Waals surface area contributed by atoms with Gasteiger partial charge in [-0.1, -0.05) is 12.1 Å². The van der Waals surface area contributed by atoms with Gasteiger partial charge in [0.15, 0.2) is 0 Å². The molecule has 1 unspecified atom stereocenters. The van der Waals surface area contributed by atoms with Crippen molar-refractivity contribution < 1.29 is 4.79 Å². The van der Waals surface area contributed by atoms with Crippen LogP contribution in [-0.2, 0) is 4.79 Å². The quantitative estimate of drug-likeness (QED) is 0.752. The number of aryl methyl sites for hydroxylation is 1. The van der Waals surface area contributed by atoms with Crippen molar-refractivity contribution >= 4 is 36.4 Å². The minimum atomic E-state index is 0. The van der Waals surface area contributed by atoms with Crippen LogP contribution in [-0.4, -0.2) is 75.1 Å². The summed E-state index contributed by atoms with van der Waals surface area (Å²) in [4.78, 5) is 19.6. The molecule has 2 aliphatic rings. The van der Waals surface area contributed by atoms with Gasteiger partial charge in [0.2, 0.25) is 5.91 Å². The van der Waals surface area contributed by atoms with Crippen molar-refractivity contribution in [2.24, 2.45) is 5.92 Å². The zero-order valence-corrected chi connectivity index (χ0v) is 18.9. The maximum Gasteiger partial charge on any atom is 0.223 e. The molecule has 1 aromatic carbocycles. The molecule has 0 bridgehead atoms. The summed E-state index contributed by atoms with van der Waals surface area (Å²) in [6, 6.07) is 8.74. The van der Waals surface area contributed by atoms with Crippen molar-refractivity contribution in [1.82, 2.24) is 15.1 Å². The molecule has 1 N–H and O–H groups in total. The molecule has 2 heterocycles. The number of rotatable bonds is 6. The lowest BCUT2D eigenvalue weighted by atomic mass is 9.98. The summed E-state index contributed by atoms with van der Waals surface area (Å²) < 4.78 is 0. The summed E-state index contributed by atoms with van der Waals surface area (Å²) >= 11 is 0. The lowest BCUT2D eigenvalue weighted by Gasteiger charge is -2.37. The number of nitrogens with zero attached hydrogens (tertiary/aromatic N) is 3. The van der Waals surface area contributed by atoms with Crippen molar-refractivity contribution in [3.63, 3.8) is 0 Å². The third kappa shape index (κ3) is 7.11. The van der Waals surface area contributed by atoms with E-state index in [4.69, 9.17) is 0 Å². The SMILES string of the molecule is CNCC1CCCN(C(=O)CCN2CCN(c3cccc(C)c3)CC2)C1.Cl.Cl. The fourth-order valence-corrected chi connectivity index (χ4v) is 4.21. The van der Waals surface area contributed by atoms with E-state index in [-0.39, 0.29) is 24.8 Å². The molecule has 0 aromatic heterocycles. The van der Waals surface area contributed by atoms with E-state index >= 15 is 0 Å². The Kier molecular flexibility index (Phi) is 11.2. The lowest BCUT2D eigenvalue weighted by molar-refractivity contribution is -0.133. The number of halogens is 2. The molecule has 5 nitrogen and oxygen atoms in total. The first-order valence-corrected chi connectivity index (χ1v) is 10.1. The summed E-state index contributed by atoms with van der Waals surface area (Å²) in [5.41, 5.74) is 2.64. The highest BCUT2D eigenvalue weighted by Gasteiger charge is 2.24. The van der Waals surface area contributed by atoms with E-state index in [1.165, 1.54) is 17.7 Å². The van der Waals surface area contributed by atoms with Gasteiger partial charge in [0.1, 0.15) is 0 Å². The number of amides is 1. The first kappa shape index (κ1) is 25.0. The van der Waals surface area contributed by atoms with E-state index in [0.717, 1.165) is 58.8 Å². The van der Waals surface area contributed by atoms with Gasteiger partial charge in [-0.3, -0.25) is 9.69 Å². The summed E-state index contributed by atoms with van der Waals surface area (Å²) in [5, 5.41) is 3.25. The Bertz CT molecular complexity index is 592. The van der Waals surface area contributed by atoms with E-state index < -0.39 is 0 Å². The molecule has 2 aliphatic heterocycles. The first-order valence-electron chi connectivity index (χ1n) is 10.1. The van der Waals surface area contributed by atoms with Gasteiger partial charge in [-0.05, 0) is 57.0 Å². The third-order valence-electron chi connectivity index (χ3n) is 5.75. The van der Waals surface area contributed by atoms with Crippen LogP contribution in [0.3, 0.4) is 0 Å². The molecule has 2 saturated heterocycles. The lowest BCUT2D eigenvalue weighted by Crippen LogP contribution is -2.48. The smallest absolute Gasteiger partial charge is 0.223 e. The van der Waals surface area contributed by atoms with Crippen LogP contribution in [0.2, 0.25) is 0 Å². The number of piperidine rings is 1. The Morgan fingerprint density at radius 1 is 1.14 bits per heavy atom. The van der Waals surface area contributed by atoms with Crippen molar-refractivity contribution in [3.8, 4) is 0 Å². The number of hydrogen-bond donors (Lipinski definition) is 1. The summed E-state index contributed by atoms with van der Waals surface area (Å²) in [7, 11) is 2.00. The number of carbonyl (C=O) groups is 1. The molecule has 0 spiro atoms. The molecule has 0 aliphatic carbocycles. The fraction of sp³-hybridized carbons (Fsp3) is 0.667. The van der Waals surface area contributed by atoms with Gasteiger partial charge in [-0.2, -0.15) is 0 Å². The fourth-order valence-electron chi connectivity index (χ4n) is 4.21. The molecule has 3 rings (SSSR count). The Morgan fingerprint density at radius 2 is 1.89 bits per heavy atom. The summed E-state index contributed by atoms with van der Waals surface area (Å²) in [5.74, 6) is 0.961. The van der Waals surface area contributed by atoms with E-state index in [2.05, 4.69) is 51.2 Å². The van der Waals surface area contributed by atoms with Crippen molar-refractivity contribution in [1.29, 1.82) is 0 Å². The van der Waals surface area contributed by atoms with Gasteiger partial charge in [0.05, 0.1) is 0 Å². The molecular formula is C21H36Cl2N4O. The van der Waals surface area contributed by atoms with Gasteiger partial charge in [-0.15, -0.1) is 24.8 Å². The monoisotopic (exact) mass is 430 g/mol. The molecular weight excluding hydrogens is 395 g/mol. The molecule has 28 heavy (non-hydrogen) atoms. The summed E-state index contributed by atoms with van der Waals surface area (Å²) in [6.07, 6.45) is 3.05. The second-order valence-electron chi connectivity index (χ2n) is 7.82. The van der Waals surface area contributed by atoms with E-state index in [1.807, 2.05) is 7.05 Å². The van der Waals surface area contributed by atoms with Crippen LogP contribution in [0, 0.1) is 12.8 Å². The Hall–Kier alpha value is -1.01. The van der Waals surface area contributed by atoms with Gasteiger partial charge in [0, 0.05) is 57.9 Å². The average Bonchev–Trinajstić information content (AvgIpc) is 2.67. The van der Waals surface area contributed by atoms with Crippen LogP contribution < -0.4 is 10.2 Å². The van der Waals surface area contributed by atoms with Crippen LogP contribution in [0.5, 0.6) is 0 Å². The zero-order valence-electron chi connectivity index (χ0n) is 17.2. The van der Waals surface area contributed by atoms with Crippen molar-refractivity contribution in [2.75, 3.05) is 64.3 Å². The number of anilines is 1. The highest BCUT2D eigenvalue weighted by molar-refractivity contribution is 5.85. The molecule has 1 atom stereocenters. The molecule has 1 amide bonds. The van der Waals surface area contributed by atoms with Crippen LogP contribution >= 0.6 is 24.8 Å². The number of likely N-dealkylation sites (tertiary alicyclic amines) is 1. The highest BCUT2D eigenvalue weighted by Crippen LogP contribution is 2.19. The second-order valence-corrected chi connectivity index (χ2v) is 7.82. The number of nitrogens with one attached hydrogen (secondary N) is 1. The van der Waals surface area contributed by atoms with Gasteiger partial charge < -0.3 is 15.1 Å². The Morgan fingerprint density at radius 3 is 2.57 bits per heavy atom. The van der Waals surface area contributed by atoms with Crippen molar-refractivity contribution in [2.45, 2.75) is 26.2 Å². The van der Waals surface area contributed by atoms with Crippen LogP contribution in [0.25, 0.3) is 0 Å². The zero-order chi connectivity index (χ0) is 18.4. The van der Waals surface area contributed by atoms with Gasteiger partial charge >= 0.3 is 0 Å². The maximum absolute atomic E-state index is 12.6. The minimum absolute atomic E-state index is 0. The predicted octanol–water partition coefficient (Wildman–Crippen LogP) is 2.81. The molecule has 0 saturated carbocycles. The standard InChI is InChI=1S/C21H34N4O.2ClH/c1-18-5-3-7-20(15-18)24-13-11-23(12-14-24)10-8-21(26)25-9-4-6-19(17-25)16-22-2;;/h3,5,7,15,19,22H,4,6,8-14,16-17H2,1-2H3;2*1H. The number of carbonyl (C=O) groups excluding carboxylic acids is 1. The van der Waals surface area contributed by atoms with Crippen LogP contribution in [0.1, 0.15) is 24.8 Å². The Labute approximate surface area is 182 Å². The Balaban J connectivity index is 0.00000196. The number of hydrogen-bond acceptors (Lipinski definition) is 4. The minimum Gasteiger partial charge on any atom is -0.369 e. The number of benzene rings is 1. The molecule has 2 fully saturated rings. The second kappa shape index (κ2) is 12.5. The largest absolute Gasteiger partial charge is 0.369 e. The number of piperazine rings is 1. The van der Waals surface area contributed by atoms with Crippen molar-refractivity contribution in [3.05, 3.63) is 29.8 Å². The van der Waals surface area contributed by atoms with E-state index in [0.29, 0.717) is 18.2 Å². The maximum atomic E-state index is 12.6. The third-order valence-corrected chi connectivity index (χ3v) is 5.75. The van der Waals surface area contributed by atoms with E-state index in [9.17, 15) is 4.79 Å². The first-order chi connectivity index (χ1) is 12.7. The normalized spacial score (nSPS) is 20.3. The van der Waals surface area contributed by atoms with Crippen LogP contribution in [0.4, 0.5) is 5.69 Å². The highest BCUT2D eigenvalue weighted by atomic mass is 35.5. The molecule has 160 valence electrons.